The van der Waals surface area contributed by atoms with Gasteiger partial charge in [0.05, 0.1) is 27.3 Å². The van der Waals surface area contributed by atoms with Gasteiger partial charge in [-0.3, -0.25) is 19.7 Å². The Balaban J connectivity index is 0.703. The fourth-order valence-electron chi connectivity index (χ4n) is 11.5. The van der Waals surface area contributed by atoms with Crippen LogP contribution in [0.2, 0.25) is 0 Å². The number of carbonyl (C=O) groups is 3. The Labute approximate surface area is 500 Å². The van der Waals surface area contributed by atoms with E-state index in [1.165, 1.54) is 0 Å². The molecule has 1 fully saturated rings. The number of imidazole rings is 2. The molecule has 1 atom stereocenters. The lowest BCUT2D eigenvalue weighted by Crippen LogP contribution is -2.39. The Morgan fingerprint density at radius 3 is 1.94 bits per heavy atom. The SMILES string of the molecule is CCCc1nc2c(C)cc(C(=O)Nc3ccc(Oc4ccc5nc(COc6ccc(CC7SC(=O)NC7=O)cc6)n(C)c5c4)cc3)cc2n1Cc1ccc(-c2ccccc2-c2nnnn2C(c2ccccc2)(c2ccccc2)c2ccccc2)cc1. The minimum Gasteiger partial charge on any atom is -0.486 e. The van der Waals surface area contributed by atoms with E-state index in [0.29, 0.717) is 47.3 Å². The molecule has 1 unspecified atom stereocenters. The van der Waals surface area contributed by atoms with Crippen LogP contribution in [0.4, 0.5) is 10.5 Å². The molecule has 3 aromatic heterocycles. The largest absolute Gasteiger partial charge is 0.486 e. The van der Waals surface area contributed by atoms with Crippen LogP contribution in [0.5, 0.6) is 17.2 Å². The number of hydrogen-bond acceptors (Lipinski definition) is 11. The highest BCUT2D eigenvalue weighted by Crippen LogP contribution is 2.44. The van der Waals surface area contributed by atoms with Crippen molar-refractivity contribution < 1.29 is 23.9 Å². The maximum atomic E-state index is 14.1. The monoisotopic (exact) mass is 1150 g/mol. The topological polar surface area (TPSA) is 173 Å². The van der Waals surface area contributed by atoms with Crippen LogP contribution in [0.1, 0.15) is 68.7 Å². The van der Waals surface area contributed by atoms with Crippen molar-refractivity contribution in [3.05, 3.63) is 269 Å². The molecule has 424 valence electrons. The molecule has 13 rings (SSSR count). The van der Waals surface area contributed by atoms with E-state index in [0.717, 1.165) is 108 Å². The minimum atomic E-state index is -0.906. The van der Waals surface area contributed by atoms with Crippen molar-refractivity contribution in [1.82, 2.24) is 44.6 Å². The maximum Gasteiger partial charge on any atom is 0.286 e. The molecule has 0 bridgehead atoms. The van der Waals surface area contributed by atoms with Gasteiger partial charge < -0.3 is 23.9 Å². The summed E-state index contributed by atoms with van der Waals surface area (Å²) in [7, 11) is 1.94. The third-order valence-corrected chi connectivity index (χ3v) is 16.7. The van der Waals surface area contributed by atoms with Gasteiger partial charge in [0, 0.05) is 42.9 Å². The van der Waals surface area contributed by atoms with Gasteiger partial charge in [0.2, 0.25) is 5.91 Å². The first-order valence-corrected chi connectivity index (χ1v) is 29.4. The second-order valence-electron chi connectivity index (χ2n) is 21.3. The Morgan fingerprint density at radius 2 is 1.29 bits per heavy atom. The summed E-state index contributed by atoms with van der Waals surface area (Å²) >= 11 is 1.02. The summed E-state index contributed by atoms with van der Waals surface area (Å²) in [5, 5.41) is 18.7. The molecule has 0 radical (unpaired) electrons. The molecule has 0 aliphatic carbocycles. The maximum absolute atomic E-state index is 14.1. The van der Waals surface area contributed by atoms with Crippen LogP contribution in [0.25, 0.3) is 44.6 Å². The van der Waals surface area contributed by atoms with Gasteiger partial charge in [0.1, 0.15) is 41.0 Å². The Kier molecular flexibility index (Phi) is 15.1. The first kappa shape index (κ1) is 54.8. The molecule has 86 heavy (non-hydrogen) atoms. The molecule has 12 aromatic rings. The number of aryl methyl sites for hydroxylation is 3. The second-order valence-corrected chi connectivity index (χ2v) is 22.5. The number of hydrogen-bond donors (Lipinski definition) is 2. The van der Waals surface area contributed by atoms with Gasteiger partial charge in [0.15, 0.2) is 5.82 Å². The summed E-state index contributed by atoms with van der Waals surface area (Å²) in [6, 6.07) is 72.6. The molecule has 1 saturated heterocycles. The van der Waals surface area contributed by atoms with Crippen LogP contribution < -0.4 is 20.1 Å². The van der Waals surface area contributed by atoms with E-state index in [1.54, 1.807) is 0 Å². The highest BCUT2D eigenvalue weighted by atomic mass is 32.2. The smallest absolute Gasteiger partial charge is 0.286 e. The Hall–Kier alpha value is -10.5. The quantitative estimate of drug-likeness (QED) is 0.0738. The standard InChI is InChI=1S/C70H58N10O5S/c1-4-16-63-73-65-45(2)39-49(67(81)71-53-31-35-55(36-32-53)85-56-37-38-59-60(42-56)78(3)64(72-59)44-84-54-33-27-46(28-34-54)40-62-68(82)74-69(83)86-62)41-61(65)79(63)43-47-25-29-48(30-26-47)57-23-14-15-24-58(57)66-75-76-77-80(66)70(50-17-8-5-9-18-50,51-19-10-6-11-20-51)52-21-12-7-13-22-52/h5-15,17-39,41-42,62H,4,16,40,43-44H2,1-3H3,(H,71,81)(H,74,82,83). The van der Waals surface area contributed by atoms with Crippen molar-refractivity contribution in [2.45, 2.75) is 57.1 Å². The number of anilines is 1. The van der Waals surface area contributed by atoms with E-state index in [4.69, 9.17) is 29.8 Å². The normalized spacial score (nSPS) is 13.3. The van der Waals surface area contributed by atoms with Crippen LogP contribution >= 0.6 is 11.8 Å². The number of amides is 3. The van der Waals surface area contributed by atoms with Crippen LogP contribution in [0.15, 0.2) is 218 Å². The van der Waals surface area contributed by atoms with Crippen LogP contribution in [-0.2, 0) is 43.4 Å². The molecule has 0 spiro atoms. The molecule has 15 nitrogen and oxygen atoms in total. The molecule has 1 aliphatic rings. The molecule has 4 heterocycles. The second kappa shape index (κ2) is 23.7. The predicted molar refractivity (Wildman–Crippen MR) is 335 cm³/mol. The third-order valence-electron chi connectivity index (χ3n) is 15.8. The van der Waals surface area contributed by atoms with Gasteiger partial charge in [-0.05, 0) is 135 Å². The average molecular weight is 1150 g/mol. The van der Waals surface area contributed by atoms with Crippen molar-refractivity contribution in [1.29, 1.82) is 0 Å². The summed E-state index contributed by atoms with van der Waals surface area (Å²) in [5.41, 5.74) is 12.6. The highest BCUT2D eigenvalue weighted by molar-refractivity contribution is 8.15. The van der Waals surface area contributed by atoms with E-state index in [1.807, 2.05) is 132 Å². The number of tetrazole rings is 1. The van der Waals surface area contributed by atoms with Crippen molar-refractivity contribution in [2.24, 2.45) is 7.05 Å². The number of aromatic nitrogens is 8. The number of thioether (sulfide) groups is 1. The van der Waals surface area contributed by atoms with Crippen LogP contribution in [0, 0.1) is 6.92 Å². The van der Waals surface area contributed by atoms with Gasteiger partial charge in [-0.25, -0.2) is 14.6 Å². The number of imide groups is 1. The molecule has 16 heteroatoms. The van der Waals surface area contributed by atoms with Crippen molar-refractivity contribution in [3.63, 3.8) is 0 Å². The zero-order valence-corrected chi connectivity index (χ0v) is 48.2. The number of ether oxygens (including phenoxy) is 2. The molecule has 0 saturated carbocycles. The van der Waals surface area contributed by atoms with Crippen LogP contribution in [0.3, 0.4) is 0 Å². The lowest BCUT2D eigenvalue weighted by Gasteiger charge is -2.36. The predicted octanol–water partition coefficient (Wildman–Crippen LogP) is 13.9. The van der Waals surface area contributed by atoms with E-state index >= 15 is 0 Å². The summed E-state index contributed by atoms with van der Waals surface area (Å²) < 4.78 is 18.6. The van der Waals surface area contributed by atoms with Gasteiger partial charge >= 0.3 is 0 Å². The molecule has 3 amide bonds. The van der Waals surface area contributed by atoms with E-state index in [9.17, 15) is 14.4 Å². The number of nitrogens with one attached hydrogen (secondary N) is 2. The molecule has 1 aliphatic heterocycles. The van der Waals surface area contributed by atoms with Crippen molar-refractivity contribution >= 4 is 56.6 Å². The Morgan fingerprint density at radius 1 is 0.663 bits per heavy atom. The molecule has 2 N–H and O–H groups in total. The zero-order valence-electron chi connectivity index (χ0n) is 47.4. The molecular formula is C70H58N10O5S. The van der Waals surface area contributed by atoms with Crippen molar-refractivity contribution in [3.8, 4) is 39.8 Å². The lowest BCUT2D eigenvalue weighted by molar-refractivity contribution is -0.118. The average Bonchev–Trinajstić information content (AvgIpc) is 1.27. The summed E-state index contributed by atoms with van der Waals surface area (Å²) in [6.07, 6.45) is 2.15. The van der Waals surface area contributed by atoms with Crippen LogP contribution in [-0.4, -0.2) is 61.6 Å². The Bertz CT molecular complexity index is 4360. The minimum absolute atomic E-state index is 0.234. The van der Waals surface area contributed by atoms with Gasteiger partial charge in [-0.1, -0.05) is 170 Å². The number of carbonyl (C=O) groups excluding carboxylic acids is 3. The number of rotatable bonds is 19. The fourth-order valence-corrected chi connectivity index (χ4v) is 12.4. The fraction of sp³-hybridized carbons (Fsp3) is 0.143. The molecular weight excluding hydrogens is 1090 g/mol. The van der Waals surface area contributed by atoms with Gasteiger partial charge in [0.25, 0.3) is 11.1 Å². The molecule has 9 aromatic carbocycles. The van der Waals surface area contributed by atoms with E-state index in [-0.39, 0.29) is 23.7 Å². The van der Waals surface area contributed by atoms with Gasteiger partial charge in [-0.2, -0.15) is 0 Å². The summed E-state index contributed by atoms with van der Waals surface area (Å²) in [4.78, 5) is 47.7. The lowest BCUT2D eigenvalue weighted by atomic mass is 9.77. The zero-order chi connectivity index (χ0) is 58.7. The van der Waals surface area contributed by atoms with Crippen molar-refractivity contribution in [2.75, 3.05) is 5.32 Å². The van der Waals surface area contributed by atoms with E-state index in [2.05, 4.69) is 137 Å². The number of fused-ring (bicyclic) bond motifs is 2. The number of nitrogens with zero attached hydrogens (tertiary/aromatic N) is 8. The van der Waals surface area contributed by atoms with E-state index < -0.39 is 10.8 Å². The highest BCUT2D eigenvalue weighted by Gasteiger charge is 2.42. The van der Waals surface area contributed by atoms with Gasteiger partial charge in [-0.15, -0.1) is 5.10 Å². The number of benzene rings is 9. The summed E-state index contributed by atoms with van der Waals surface area (Å²) in [6.45, 7) is 4.96. The first-order chi connectivity index (χ1) is 42.1. The first-order valence-electron chi connectivity index (χ1n) is 28.5. The summed E-state index contributed by atoms with van der Waals surface area (Å²) in [5.74, 6) is 3.72. The third kappa shape index (κ3) is 10.8.